The summed E-state index contributed by atoms with van der Waals surface area (Å²) in [5.41, 5.74) is 3.47. The van der Waals surface area contributed by atoms with E-state index in [0.29, 0.717) is 36.9 Å². The maximum Gasteiger partial charge on any atom is 0.269 e. The minimum absolute atomic E-state index is 0.0170. The molecule has 0 amide bonds. The van der Waals surface area contributed by atoms with Gasteiger partial charge in [-0.3, -0.25) is 20.3 Å². The molecule has 0 unspecified atom stereocenters. The van der Waals surface area contributed by atoms with Gasteiger partial charge in [0.15, 0.2) is 6.29 Å². The second-order valence-corrected chi connectivity index (χ2v) is 4.19. The van der Waals surface area contributed by atoms with Crippen molar-refractivity contribution in [3.05, 3.63) is 34.4 Å². The van der Waals surface area contributed by atoms with E-state index in [1.54, 1.807) is 0 Å². The van der Waals surface area contributed by atoms with E-state index >= 15 is 0 Å². The Hall–Kier alpha value is -2.57. The number of hydrogen-bond acceptors (Lipinski definition) is 6. The van der Waals surface area contributed by atoms with E-state index < -0.39 is 4.92 Å². The van der Waals surface area contributed by atoms with Crippen LogP contribution < -0.4 is 5.43 Å². The molecule has 106 valence electrons. The van der Waals surface area contributed by atoms with Crippen molar-refractivity contribution in [1.29, 1.82) is 0 Å². The zero-order chi connectivity index (χ0) is 15.0. The van der Waals surface area contributed by atoms with Gasteiger partial charge in [-0.25, -0.2) is 0 Å². The minimum Gasteiger partial charge on any atom is -0.300 e. The normalized spacial score (nSPS) is 10.9. The fourth-order valence-electron chi connectivity index (χ4n) is 1.45. The molecular weight excluding hydrogens is 262 g/mol. The summed E-state index contributed by atoms with van der Waals surface area (Å²) in [4.78, 5) is 31.6. The standard InChI is InChI=1S/C13H15N3O4/c1-10(18)3-2-4-12(9-17)15-14-11-5-7-13(8-6-11)16(19)20/h5-9,14H,2-4H2,1H3/b15-12-. The highest BCUT2D eigenvalue weighted by Gasteiger charge is 2.04. The van der Waals surface area contributed by atoms with Crippen molar-refractivity contribution in [2.24, 2.45) is 5.10 Å². The fraction of sp³-hybridized carbons (Fsp3) is 0.308. The van der Waals surface area contributed by atoms with Gasteiger partial charge in [0.05, 0.1) is 10.6 Å². The first-order valence-electron chi connectivity index (χ1n) is 6.04. The van der Waals surface area contributed by atoms with Gasteiger partial charge in [0.2, 0.25) is 0 Å². The Balaban J connectivity index is 2.57. The molecule has 0 aromatic heterocycles. The van der Waals surface area contributed by atoms with E-state index in [2.05, 4.69) is 10.5 Å². The van der Waals surface area contributed by atoms with Crippen molar-refractivity contribution in [2.75, 3.05) is 5.43 Å². The van der Waals surface area contributed by atoms with Gasteiger partial charge in [0, 0.05) is 18.6 Å². The Morgan fingerprint density at radius 1 is 1.35 bits per heavy atom. The number of Topliss-reactive ketones (excluding diaryl/α,β-unsaturated/α-hetero) is 1. The molecule has 0 saturated carbocycles. The Labute approximate surface area is 115 Å². The average Bonchev–Trinajstić information content (AvgIpc) is 2.42. The van der Waals surface area contributed by atoms with Crippen molar-refractivity contribution in [2.45, 2.75) is 26.2 Å². The van der Waals surface area contributed by atoms with E-state index in [1.165, 1.54) is 31.2 Å². The van der Waals surface area contributed by atoms with Gasteiger partial charge >= 0.3 is 0 Å². The van der Waals surface area contributed by atoms with Gasteiger partial charge in [0.25, 0.3) is 5.69 Å². The largest absolute Gasteiger partial charge is 0.300 e. The predicted octanol–water partition coefficient (Wildman–Crippen LogP) is 2.32. The molecule has 0 aliphatic rings. The van der Waals surface area contributed by atoms with E-state index in [1.807, 2.05) is 0 Å². The molecule has 1 aromatic rings. The molecule has 0 heterocycles. The number of anilines is 1. The van der Waals surface area contributed by atoms with Gasteiger partial charge in [-0.15, -0.1) is 0 Å². The van der Waals surface area contributed by atoms with Crippen LogP contribution in [0.2, 0.25) is 0 Å². The summed E-state index contributed by atoms with van der Waals surface area (Å²) in [6.45, 7) is 1.49. The zero-order valence-corrected chi connectivity index (χ0v) is 11.0. The van der Waals surface area contributed by atoms with Crippen LogP contribution in [-0.4, -0.2) is 22.7 Å². The molecule has 7 nitrogen and oxygen atoms in total. The summed E-state index contributed by atoms with van der Waals surface area (Å²) in [5.74, 6) is 0.0681. The lowest BCUT2D eigenvalue weighted by atomic mass is 10.1. The van der Waals surface area contributed by atoms with Crippen LogP contribution in [0.1, 0.15) is 26.2 Å². The highest BCUT2D eigenvalue weighted by molar-refractivity contribution is 6.28. The molecule has 0 saturated heterocycles. The number of nitrogens with one attached hydrogen (secondary N) is 1. The molecule has 7 heteroatoms. The molecule has 0 fully saturated rings. The first-order valence-corrected chi connectivity index (χ1v) is 6.04. The molecule has 0 aliphatic carbocycles. The molecule has 1 aromatic carbocycles. The molecule has 0 aliphatic heterocycles. The highest BCUT2D eigenvalue weighted by Crippen LogP contribution is 2.15. The smallest absolute Gasteiger partial charge is 0.269 e. The Morgan fingerprint density at radius 2 is 2.00 bits per heavy atom. The number of carbonyl (C=O) groups is 2. The third-order valence-corrected chi connectivity index (χ3v) is 2.50. The van der Waals surface area contributed by atoms with Crippen molar-refractivity contribution in [3.8, 4) is 0 Å². The van der Waals surface area contributed by atoms with Gasteiger partial charge in [0.1, 0.15) is 11.5 Å². The minimum atomic E-state index is -0.494. The summed E-state index contributed by atoms with van der Waals surface area (Å²) >= 11 is 0. The quantitative estimate of drug-likeness (QED) is 0.340. The van der Waals surface area contributed by atoms with Crippen LogP contribution in [0.5, 0.6) is 0 Å². The Kier molecular flexibility index (Phi) is 6.02. The van der Waals surface area contributed by atoms with Crippen LogP contribution >= 0.6 is 0 Å². The van der Waals surface area contributed by atoms with Crippen LogP contribution in [0.15, 0.2) is 29.4 Å². The third-order valence-electron chi connectivity index (χ3n) is 2.50. The highest BCUT2D eigenvalue weighted by atomic mass is 16.6. The number of rotatable bonds is 8. The monoisotopic (exact) mass is 277 g/mol. The molecule has 20 heavy (non-hydrogen) atoms. The SMILES string of the molecule is CC(=O)CCC/C(C=O)=N/Nc1ccc([N+](=O)[O-])cc1. The van der Waals surface area contributed by atoms with Crippen LogP contribution in [0, 0.1) is 10.1 Å². The van der Waals surface area contributed by atoms with E-state index in [0.717, 1.165) is 0 Å². The lowest BCUT2D eigenvalue weighted by Gasteiger charge is -2.02. The summed E-state index contributed by atoms with van der Waals surface area (Å²) in [6.07, 6.45) is 2.00. The Bertz CT molecular complexity index is 523. The summed E-state index contributed by atoms with van der Waals surface area (Å²) < 4.78 is 0. The van der Waals surface area contributed by atoms with Crippen molar-refractivity contribution >= 4 is 29.2 Å². The predicted molar refractivity (Wildman–Crippen MR) is 74.8 cm³/mol. The number of hydrazone groups is 1. The second kappa shape index (κ2) is 7.78. The lowest BCUT2D eigenvalue weighted by molar-refractivity contribution is -0.384. The summed E-state index contributed by atoms with van der Waals surface area (Å²) in [7, 11) is 0. The molecule has 1 N–H and O–H groups in total. The van der Waals surface area contributed by atoms with Crippen molar-refractivity contribution < 1.29 is 14.5 Å². The number of carbonyl (C=O) groups excluding carboxylic acids is 2. The number of nitro benzene ring substituents is 1. The van der Waals surface area contributed by atoms with Crippen LogP contribution in [0.25, 0.3) is 0 Å². The van der Waals surface area contributed by atoms with Gasteiger partial charge in [-0.1, -0.05) is 0 Å². The number of ketones is 1. The first-order chi connectivity index (χ1) is 9.52. The molecule has 1 rings (SSSR count). The van der Waals surface area contributed by atoms with Crippen molar-refractivity contribution in [3.63, 3.8) is 0 Å². The average molecular weight is 277 g/mol. The second-order valence-electron chi connectivity index (χ2n) is 4.19. The third kappa shape index (κ3) is 5.38. The number of nitrogens with zero attached hydrogens (tertiary/aromatic N) is 2. The number of hydrogen-bond donors (Lipinski definition) is 1. The van der Waals surface area contributed by atoms with Crippen LogP contribution in [0.3, 0.4) is 0 Å². The Morgan fingerprint density at radius 3 is 2.50 bits per heavy atom. The van der Waals surface area contributed by atoms with E-state index in [4.69, 9.17) is 0 Å². The maximum absolute atomic E-state index is 10.8. The number of benzene rings is 1. The van der Waals surface area contributed by atoms with Crippen LogP contribution in [-0.2, 0) is 9.59 Å². The zero-order valence-electron chi connectivity index (χ0n) is 11.0. The molecule has 0 radical (unpaired) electrons. The number of non-ortho nitro benzene ring substituents is 1. The van der Waals surface area contributed by atoms with Gasteiger partial charge < -0.3 is 4.79 Å². The molecule has 0 spiro atoms. The maximum atomic E-state index is 10.8. The lowest BCUT2D eigenvalue weighted by Crippen LogP contribution is -2.05. The number of aldehydes is 1. The van der Waals surface area contributed by atoms with E-state index in [-0.39, 0.29) is 11.5 Å². The van der Waals surface area contributed by atoms with Crippen molar-refractivity contribution in [1.82, 2.24) is 0 Å². The molecule has 0 bridgehead atoms. The topological polar surface area (TPSA) is 102 Å². The summed E-state index contributed by atoms with van der Waals surface area (Å²) in [6, 6.07) is 5.68. The fourth-order valence-corrected chi connectivity index (χ4v) is 1.45. The van der Waals surface area contributed by atoms with E-state index in [9.17, 15) is 19.7 Å². The molecule has 0 atom stereocenters. The van der Waals surface area contributed by atoms with Gasteiger partial charge in [-0.05, 0) is 31.9 Å². The summed E-state index contributed by atoms with van der Waals surface area (Å²) in [5, 5.41) is 14.4. The van der Waals surface area contributed by atoms with Gasteiger partial charge in [-0.2, -0.15) is 5.10 Å². The number of nitro groups is 1. The van der Waals surface area contributed by atoms with Crippen LogP contribution in [0.4, 0.5) is 11.4 Å². The first kappa shape index (κ1) is 15.5. The molecular formula is C13H15N3O4.